The fourth-order valence-electron chi connectivity index (χ4n) is 3.33. The lowest BCUT2D eigenvalue weighted by Gasteiger charge is -2.16. The number of rotatable bonds is 7. The molecule has 0 fully saturated rings. The Labute approximate surface area is 184 Å². The van der Waals surface area contributed by atoms with Crippen molar-refractivity contribution in [3.05, 3.63) is 82.1 Å². The van der Waals surface area contributed by atoms with Gasteiger partial charge in [-0.2, -0.15) is 10.2 Å². The number of H-pyrrole nitrogens is 2. The number of aryl methyl sites for hydroxylation is 2. The fourth-order valence-corrected chi connectivity index (χ4v) is 3.55. The summed E-state index contributed by atoms with van der Waals surface area (Å²) in [6.07, 6.45) is 0.236. The van der Waals surface area contributed by atoms with Crippen molar-refractivity contribution < 1.29 is 4.79 Å². The Morgan fingerprint density at radius 3 is 2.48 bits per heavy atom. The summed E-state index contributed by atoms with van der Waals surface area (Å²) in [5.74, 6) is 1.80. The third-order valence-corrected chi connectivity index (χ3v) is 5.25. The number of aromatic amines is 2. The monoisotopic (exact) mass is 433 g/mol. The van der Waals surface area contributed by atoms with Crippen LogP contribution < -0.4 is 5.32 Å². The van der Waals surface area contributed by atoms with Crippen molar-refractivity contribution >= 4 is 18.1 Å². The summed E-state index contributed by atoms with van der Waals surface area (Å²) in [5, 5.41) is 17.3. The quantitative estimate of drug-likeness (QED) is 0.386. The number of amides is 1. The van der Waals surface area contributed by atoms with Crippen molar-refractivity contribution in [3.63, 3.8) is 0 Å². The second kappa shape index (κ2) is 9.05. The van der Waals surface area contributed by atoms with Gasteiger partial charge in [0, 0.05) is 18.5 Å². The summed E-state index contributed by atoms with van der Waals surface area (Å²) in [7, 11) is 0. The summed E-state index contributed by atoms with van der Waals surface area (Å²) in [6.45, 7) is 4.26. The molecular weight excluding hydrogens is 410 g/mol. The summed E-state index contributed by atoms with van der Waals surface area (Å²) >= 11 is 5.38. The van der Waals surface area contributed by atoms with E-state index in [2.05, 4.69) is 30.7 Å². The van der Waals surface area contributed by atoms with Gasteiger partial charge in [-0.3, -0.25) is 19.6 Å². The first kappa shape index (κ1) is 20.7. The number of hydrogen-bond donors (Lipinski definition) is 3. The molecule has 0 aliphatic rings. The minimum absolute atomic E-state index is 0.130. The lowest BCUT2D eigenvalue weighted by atomic mass is 10.1. The summed E-state index contributed by atoms with van der Waals surface area (Å²) in [4.78, 5) is 17.3. The molecule has 0 bridgehead atoms. The number of nitrogens with zero attached hydrogens (tertiary/aromatic N) is 4. The average molecular weight is 434 g/mol. The number of aromatic nitrogens is 6. The smallest absolute Gasteiger partial charge is 0.222 e. The normalized spacial score (nSPS) is 11.9. The Bertz CT molecular complexity index is 1220. The van der Waals surface area contributed by atoms with E-state index < -0.39 is 6.04 Å². The Balaban J connectivity index is 1.50. The second-order valence-electron chi connectivity index (χ2n) is 7.31. The van der Waals surface area contributed by atoms with Gasteiger partial charge in [-0.25, -0.2) is 4.98 Å². The molecule has 2 aromatic heterocycles. The Kier molecular flexibility index (Phi) is 6.03. The molecule has 9 heteroatoms. The molecular formula is C22H23N7OS. The van der Waals surface area contributed by atoms with Gasteiger partial charge in [-0.1, -0.05) is 60.2 Å². The van der Waals surface area contributed by atoms with E-state index in [1.165, 1.54) is 0 Å². The molecule has 1 amide bonds. The highest BCUT2D eigenvalue weighted by Gasteiger charge is 2.21. The van der Waals surface area contributed by atoms with Gasteiger partial charge in [0.1, 0.15) is 11.9 Å². The highest BCUT2D eigenvalue weighted by molar-refractivity contribution is 7.71. The van der Waals surface area contributed by atoms with E-state index in [1.54, 1.807) is 0 Å². The Hall–Kier alpha value is -3.59. The molecule has 1 unspecified atom stereocenters. The standard InChI is InChI=1S/C22H23N7OS/c1-14-8-10-17(11-9-14)21-27-28-22(31)29(21)13-12-18(30)24-19(16-6-4-3-5-7-16)20-23-15(2)25-26-20/h3-11,19H,12-13H2,1-2H3,(H,24,30)(H,28,31)(H,23,25,26). The Morgan fingerprint density at radius 2 is 1.81 bits per heavy atom. The molecule has 0 saturated heterocycles. The number of nitrogens with one attached hydrogen (secondary N) is 3. The molecule has 3 N–H and O–H groups in total. The van der Waals surface area contributed by atoms with Crippen LogP contribution in [0.3, 0.4) is 0 Å². The van der Waals surface area contributed by atoms with Crippen molar-refractivity contribution in [2.45, 2.75) is 32.9 Å². The maximum absolute atomic E-state index is 12.9. The van der Waals surface area contributed by atoms with Crippen LogP contribution in [0.1, 0.15) is 35.2 Å². The van der Waals surface area contributed by atoms with E-state index in [0.29, 0.717) is 28.8 Å². The van der Waals surface area contributed by atoms with E-state index in [1.807, 2.05) is 73.0 Å². The van der Waals surface area contributed by atoms with Crippen LogP contribution in [-0.2, 0) is 11.3 Å². The van der Waals surface area contributed by atoms with Gasteiger partial charge in [0.05, 0.1) is 0 Å². The molecule has 4 rings (SSSR count). The van der Waals surface area contributed by atoms with Crippen LogP contribution in [0.15, 0.2) is 54.6 Å². The molecule has 0 spiro atoms. The summed E-state index contributed by atoms with van der Waals surface area (Å²) < 4.78 is 2.32. The van der Waals surface area contributed by atoms with Crippen molar-refractivity contribution in [2.75, 3.05) is 0 Å². The summed E-state index contributed by atoms with van der Waals surface area (Å²) in [6, 6.07) is 17.3. The van der Waals surface area contributed by atoms with Gasteiger partial charge in [0.15, 0.2) is 16.4 Å². The zero-order chi connectivity index (χ0) is 21.8. The molecule has 8 nitrogen and oxygen atoms in total. The molecule has 0 aliphatic heterocycles. The van der Waals surface area contributed by atoms with E-state index in [-0.39, 0.29) is 12.3 Å². The third-order valence-electron chi connectivity index (χ3n) is 4.94. The van der Waals surface area contributed by atoms with Crippen LogP contribution in [-0.4, -0.2) is 35.9 Å². The predicted molar refractivity (Wildman–Crippen MR) is 120 cm³/mol. The molecule has 0 saturated carbocycles. The molecule has 158 valence electrons. The lowest BCUT2D eigenvalue weighted by Crippen LogP contribution is -2.30. The van der Waals surface area contributed by atoms with Gasteiger partial charge < -0.3 is 5.32 Å². The van der Waals surface area contributed by atoms with E-state index in [9.17, 15) is 4.79 Å². The molecule has 2 heterocycles. The zero-order valence-corrected chi connectivity index (χ0v) is 18.1. The van der Waals surface area contributed by atoms with Crippen molar-refractivity contribution in [1.82, 2.24) is 35.3 Å². The second-order valence-corrected chi connectivity index (χ2v) is 7.70. The number of hydrogen-bond acceptors (Lipinski definition) is 5. The molecule has 4 aromatic rings. The van der Waals surface area contributed by atoms with Crippen LogP contribution >= 0.6 is 12.2 Å². The van der Waals surface area contributed by atoms with Crippen LogP contribution in [0.25, 0.3) is 11.4 Å². The minimum atomic E-state index is -0.437. The maximum atomic E-state index is 12.9. The molecule has 31 heavy (non-hydrogen) atoms. The van der Waals surface area contributed by atoms with Gasteiger partial charge >= 0.3 is 0 Å². The van der Waals surface area contributed by atoms with Gasteiger partial charge in [0.2, 0.25) is 5.91 Å². The molecule has 1 atom stereocenters. The van der Waals surface area contributed by atoms with Crippen LogP contribution in [0, 0.1) is 18.6 Å². The molecule has 0 aliphatic carbocycles. The van der Waals surface area contributed by atoms with Crippen LogP contribution in [0.2, 0.25) is 0 Å². The number of carbonyl (C=O) groups is 1. The van der Waals surface area contributed by atoms with Crippen molar-refractivity contribution in [1.29, 1.82) is 0 Å². The molecule has 2 aromatic carbocycles. The third kappa shape index (κ3) is 4.77. The first-order valence-corrected chi connectivity index (χ1v) is 10.4. The average Bonchev–Trinajstić information content (AvgIpc) is 3.37. The topological polar surface area (TPSA) is 104 Å². The lowest BCUT2D eigenvalue weighted by molar-refractivity contribution is -0.121. The van der Waals surface area contributed by atoms with E-state index >= 15 is 0 Å². The number of carbonyl (C=O) groups excluding carboxylic acids is 1. The fraction of sp³-hybridized carbons (Fsp3) is 0.227. The molecule has 0 radical (unpaired) electrons. The largest absolute Gasteiger partial charge is 0.342 e. The van der Waals surface area contributed by atoms with Gasteiger partial charge in [-0.05, 0) is 31.6 Å². The maximum Gasteiger partial charge on any atom is 0.222 e. The van der Waals surface area contributed by atoms with Gasteiger partial charge in [0.25, 0.3) is 0 Å². The van der Waals surface area contributed by atoms with Gasteiger partial charge in [-0.15, -0.1) is 0 Å². The predicted octanol–water partition coefficient (Wildman–Crippen LogP) is 3.64. The van der Waals surface area contributed by atoms with Crippen LogP contribution in [0.5, 0.6) is 0 Å². The SMILES string of the molecule is Cc1ccc(-c2n[nH]c(=S)n2CCC(=O)NC(c2ccccc2)c2n[nH]c(C)n2)cc1. The van der Waals surface area contributed by atoms with Crippen molar-refractivity contribution in [2.24, 2.45) is 0 Å². The number of benzene rings is 2. The Morgan fingerprint density at radius 1 is 1.06 bits per heavy atom. The van der Waals surface area contributed by atoms with E-state index in [0.717, 1.165) is 16.7 Å². The first-order valence-electron chi connectivity index (χ1n) is 9.96. The zero-order valence-electron chi connectivity index (χ0n) is 17.3. The summed E-state index contributed by atoms with van der Waals surface area (Å²) in [5.41, 5.74) is 3.02. The van der Waals surface area contributed by atoms with E-state index in [4.69, 9.17) is 12.2 Å². The van der Waals surface area contributed by atoms with Crippen molar-refractivity contribution in [3.8, 4) is 11.4 Å². The first-order chi connectivity index (χ1) is 15.0. The highest BCUT2D eigenvalue weighted by atomic mass is 32.1. The van der Waals surface area contributed by atoms with Crippen LogP contribution in [0.4, 0.5) is 0 Å². The minimum Gasteiger partial charge on any atom is -0.342 e. The highest BCUT2D eigenvalue weighted by Crippen LogP contribution is 2.20.